The average molecular weight is 352 g/mol. The van der Waals surface area contributed by atoms with E-state index in [0.29, 0.717) is 17.1 Å². The molecule has 2 aromatic rings. The third kappa shape index (κ3) is 1.92. The summed E-state index contributed by atoms with van der Waals surface area (Å²) in [5, 5.41) is 11.2. The average Bonchev–Trinajstić information content (AvgIpc) is 2.80. The molecule has 0 aliphatic carbocycles. The Bertz CT molecular complexity index is 951. The molecule has 0 unspecified atom stereocenters. The maximum atomic E-state index is 11.2. The van der Waals surface area contributed by atoms with Crippen molar-refractivity contribution in [2.75, 3.05) is 19.1 Å². The van der Waals surface area contributed by atoms with Crippen LogP contribution in [-0.4, -0.2) is 24.8 Å². The molecule has 1 spiro atoms. The Balaban J connectivity index is 1.89. The van der Waals surface area contributed by atoms with Gasteiger partial charge in [0.05, 0.1) is 23.5 Å². The molecule has 134 valence electrons. The lowest BCUT2D eigenvalue weighted by Gasteiger charge is -2.45. The van der Waals surface area contributed by atoms with Gasteiger partial charge in [-0.15, -0.1) is 0 Å². The Hall–Kier alpha value is -3.02. The van der Waals surface area contributed by atoms with E-state index in [9.17, 15) is 10.1 Å². The van der Waals surface area contributed by atoms with E-state index in [1.165, 1.54) is 24.8 Å². The van der Waals surface area contributed by atoms with Crippen LogP contribution in [-0.2, 0) is 5.41 Å². The predicted octanol–water partition coefficient (Wildman–Crippen LogP) is 4.13. The highest BCUT2D eigenvalue weighted by Crippen LogP contribution is 2.55. The van der Waals surface area contributed by atoms with Crippen molar-refractivity contribution in [3.05, 3.63) is 63.7 Å². The van der Waals surface area contributed by atoms with Crippen molar-refractivity contribution < 1.29 is 14.4 Å². The number of fused-ring (bicyclic) bond motifs is 2. The number of likely N-dealkylation sites (N-methyl/N-ethyl adjacent to an activating group) is 1. The second-order valence-electron chi connectivity index (χ2n) is 7.16. The quantitative estimate of drug-likeness (QED) is 0.600. The fraction of sp³-hybridized carbons (Fsp3) is 0.300. The Kier molecular flexibility index (Phi) is 3.31. The van der Waals surface area contributed by atoms with Crippen LogP contribution in [0.25, 0.3) is 6.08 Å². The Morgan fingerprint density at radius 2 is 1.96 bits per heavy atom. The Morgan fingerprint density at radius 3 is 2.62 bits per heavy atom. The molecule has 2 heterocycles. The van der Waals surface area contributed by atoms with Crippen LogP contribution < -0.4 is 14.4 Å². The first-order valence-electron chi connectivity index (χ1n) is 8.40. The number of anilines is 1. The Labute approximate surface area is 151 Å². The monoisotopic (exact) mass is 352 g/mol. The number of non-ortho nitro benzene ring substituents is 1. The lowest BCUT2D eigenvalue weighted by atomic mass is 9.76. The summed E-state index contributed by atoms with van der Waals surface area (Å²) in [6.07, 6.45) is 3.87. The number of hydrogen-bond acceptors (Lipinski definition) is 5. The van der Waals surface area contributed by atoms with E-state index in [1.54, 1.807) is 0 Å². The fourth-order valence-corrected chi connectivity index (χ4v) is 4.09. The third-order valence-electron chi connectivity index (χ3n) is 5.58. The van der Waals surface area contributed by atoms with Crippen LogP contribution in [0, 0.1) is 10.1 Å². The van der Waals surface area contributed by atoms with Gasteiger partial charge in [-0.1, -0.05) is 18.2 Å². The van der Waals surface area contributed by atoms with Gasteiger partial charge in [0, 0.05) is 24.4 Å². The van der Waals surface area contributed by atoms with E-state index in [4.69, 9.17) is 9.47 Å². The zero-order valence-electron chi connectivity index (χ0n) is 15.1. The van der Waals surface area contributed by atoms with Crippen molar-refractivity contribution in [1.29, 1.82) is 0 Å². The van der Waals surface area contributed by atoms with Gasteiger partial charge in [-0.2, -0.15) is 0 Å². The number of para-hydroxylation sites is 1. The molecule has 26 heavy (non-hydrogen) atoms. The molecular weight excluding hydrogens is 332 g/mol. The zero-order chi connectivity index (χ0) is 18.7. The number of nitro benzene ring substituents is 1. The molecule has 2 aliphatic rings. The van der Waals surface area contributed by atoms with Crippen LogP contribution in [0.2, 0.25) is 0 Å². The van der Waals surface area contributed by atoms with Gasteiger partial charge in [0.25, 0.3) is 5.69 Å². The second kappa shape index (κ2) is 5.24. The summed E-state index contributed by atoms with van der Waals surface area (Å²) < 4.78 is 11.9. The molecule has 1 atom stereocenters. The molecule has 0 N–H and O–H groups in total. The van der Waals surface area contributed by atoms with E-state index in [0.717, 1.165) is 5.69 Å². The largest absolute Gasteiger partial charge is 0.493 e. The van der Waals surface area contributed by atoms with Gasteiger partial charge in [0.15, 0.2) is 11.5 Å². The van der Waals surface area contributed by atoms with Crippen LogP contribution in [0.5, 0.6) is 11.5 Å². The lowest BCUT2D eigenvalue weighted by molar-refractivity contribution is -0.385. The number of ether oxygens (including phenoxy) is 2. The van der Waals surface area contributed by atoms with Gasteiger partial charge < -0.3 is 14.4 Å². The molecule has 4 rings (SSSR count). The van der Waals surface area contributed by atoms with Crippen LogP contribution in [0.1, 0.15) is 25.0 Å². The minimum atomic E-state index is -0.743. The molecule has 0 saturated carbocycles. The summed E-state index contributed by atoms with van der Waals surface area (Å²) in [4.78, 5) is 12.9. The highest BCUT2D eigenvalue weighted by Gasteiger charge is 2.57. The topological polar surface area (TPSA) is 64.8 Å². The van der Waals surface area contributed by atoms with Crippen molar-refractivity contribution in [3.63, 3.8) is 0 Å². The summed E-state index contributed by atoms with van der Waals surface area (Å²) in [5.74, 6) is 0.881. The number of benzene rings is 2. The third-order valence-corrected chi connectivity index (χ3v) is 5.58. The molecule has 2 aromatic carbocycles. The molecule has 0 amide bonds. The molecular formula is C20H20N2O4. The SMILES string of the molecule is COc1cc([N+](=O)[O-])cc2c1O[C@@]1(C=C2)N(C)c2ccccc2C1(C)C. The molecule has 2 aliphatic heterocycles. The van der Waals surface area contributed by atoms with E-state index in [2.05, 4.69) is 30.9 Å². The van der Waals surface area contributed by atoms with Crippen LogP contribution in [0.15, 0.2) is 42.5 Å². The number of hydrogen-bond donors (Lipinski definition) is 0. The molecule has 0 bridgehead atoms. The van der Waals surface area contributed by atoms with Gasteiger partial charge in [-0.3, -0.25) is 10.1 Å². The van der Waals surface area contributed by atoms with Crippen molar-refractivity contribution in [2.24, 2.45) is 0 Å². The van der Waals surface area contributed by atoms with Crippen molar-refractivity contribution in [2.45, 2.75) is 25.0 Å². The standard InChI is InChI=1S/C20H20N2O4/c1-19(2)15-7-5-6-8-16(15)21(3)20(19)10-9-13-11-14(22(23)24)12-17(25-4)18(13)26-20/h5-12H,1-4H3/t20-/m1/s1. The van der Waals surface area contributed by atoms with E-state index in [-0.39, 0.29) is 11.1 Å². The summed E-state index contributed by atoms with van der Waals surface area (Å²) in [6.45, 7) is 4.28. The number of nitro groups is 1. The molecule has 0 fully saturated rings. The smallest absolute Gasteiger partial charge is 0.274 e. The zero-order valence-corrected chi connectivity index (χ0v) is 15.1. The summed E-state index contributed by atoms with van der Waals surface area (Å²) in [7, 11) is 3.49. The molecule has 0 radical (unpaired) electrons. The highest BCUT2D eigenvalue weighted by molar-refractivity contribution is 5.74. The normalized spacial score (nSPS) is 21.9. The van der Waals surface area contributed by atoms with Gasteiger partial charge in [-0.25, -0.2) is 0 Å². The molecule has 0 aromatic heterocycles. The maximum Gasteiger partial charge on any atom is 0.274 e. The van der Waals surface area contributed by atoms with Crippen molar-refractivity contribution >= 4 is 17.5 Å². The fourth-order valence-electron chi connectivity index (χ4n) is 4.09. The summed E-state index contributed by atoms with van der Waals surface area (Å²) in [5.41, 5.74) is 1.84. The summed E-state index contributed by atoms with van der Waals surface area (Å²) in [6, 6.07) is 11.1. The number of rotatable bonds is 2. The second-order valence-corrected chi connectivity index (χ2v) is 7.16. The van der Waals surface area contributed by atoms with E-state index >= 15 is 0 Å². The minimum Gasteiger partial charge on any atom is -0.493 e. The van der Waals surface area contributed by atoms with Crippen LogP contribution in [0.4, 0.5) is 11.4 Å². The molecule has 6 nitrogen and oxygen atoms in total. The van der Waals surface area contributed by atoms with E-state index < -0.39 is 10.6 Å². The van der Waals surface area contributed by atoms with Crippen molar-refractivity contribution in [3.8, 4) is 11.5 Å². The van der Waals surface area contributed by atoms with Gasteiger partial charge in [-0.05, 0) is 37.6 Å². The maximum absolute atomic E-state index is 11.2. The first kappa shape index (κ1) is 16.4. The van der Waals surface area contributed by atoms with Gasteiger partial charge in [0.2, 0.25) is 5.72 Å². The number of methoxy groups -OCH3 is 1. The van der Waals surface area contributed by atoms with Gasteiger partial charge in [0.1, 0.15) is 0 Å². The predicted molar refractivity (Wildman–Crippen MR) is 99.9 cm³/mol. The van der Waals surface area contributed by atoms with E-state index in [1.807, 2.05) is 31.3 Å². The number of nitrogens with zero attached hydrogens (tertiary/aromatic N) is 2. The Morgan fingerprint density at radius 1 is 1.23 bits per heavy atom. The molecule has 6 heteroatoms. The first-order valence-corrected chi connectivity index (χ1v) is 8.40. The minimum absolute atomic E-state index is 0.0212. The molecule has 0 saturated heterocycles. The highest BCUT2D eigenvalue weighted by atomic mass is 16.6. The van der Waals surface area contributed by atoms with Gasteiger partial charge >= 0.3 is 0 Å². The van der Waals surface area contributed by atoms with Crippen LogP contribution >= 0.6 is 0 Å². The van der Waals surface area contributed by atoms with Crippen molar-refractivity contribution in [1.82, 2.24) is 0 Å². The summed E-state index contributed by atoms with van der Waals surface area (Å²) >= 11 is 0. The van der Waals surface area contributed by atoms with Crippen LogP contribution in [0.3, 0.4) is 0 Å². The first-order chi connectivity index (χ1) is 12.3. The lowest BCUT2D eigenvalue weighted by Crippen LogP contribution is -2.58.